The zero-order valence-corrected chi connectivity index (χ0v) is 17.9. The fourth-order valence-corrected chi connectivity index (χ4v) is 4.76. The normalized spacial score (nSPS) is 16.4. The minimum atomic E-state index is -0.322. The molecule has 0 saturated carbocycles. The Labute approximate surface area is 185 Å². The highest BCUT2D eigenvalue weighted by Crippen LogP contribution is 2.37. The second kappa shape index (κ2) is 8.30. The number of halogens is 2. The molecule has 0 spiro atoms. The Morgan fingerprint density at radius 3 is 2.68 bits per heavy atom. The summed E-state index contributed by atoms with van der Waals surface area (Å²) in [7, 11) is 0. The maximum absolute atomic E-state index is 14.3. The quantitative estimate of drug-likeness (QED) is 0.596. The molecule has 3 aromatic rings. The van der Waals surface area contributed by atoms with Gasteiger partial charge in [0.05, 0.1) is 22.2 Å². The average molecular weight is 444 g/mol. The van der Waals surface area contributed by atoms with E-state index in [0.717, 1.165) is 50.0 Å². The number of amides is 2. The number of piperidine rings is 1. The van der Waals surface area contributed by atoms with Crippen LogP contribution in [-0.4, -0.2) is 30.1 Å². The second-order valence-electron chi connectivity index (χ2n) is 7.96. The van der Waals surface area contributed by atoms with Gasteiger partial charge in [-0.1, -0.05) is 24.6 Å². The highest BCUT2D eigenvalue weighted by atomic mass is 35.5. The van der Waals surface area contributed by atoms with E-state index in [9.17, 15) is 14.0 Å². The number of carbonyl (C=O) groups excluding carboxylic acids is 2. The molecular weight excluding hydrogens is 421 g/mol. The summed E-state index contributed by atoms with van der Waals surface area (Å²) < 4.78 is 19.7. The third-order valence-corrected chi connectivity index (χ3v) is 6.18. The number of nitrogens with one attached hydrogen (secondary N) is 1. The van der Waals surface area contributed by atoms with Gasteiger partial charge >= 0.3 is 0 Å². The molecule has 0 bridgehead atoms. The molecule has 2 aromatic carbocycles. The Kier molecular flexibility index (Phi) is 5.71. The summed E-state index contributed by atoms with van der Waals surface area (Å²) in [5.41, 5.74) is 4.10. The van der Waals surface area contributed by atoms with Crippen LogP contribution in [0.15, 0.2) is 34.9 Å². The van der Waals surface area contributed by atoms with Crippen LogP contribution in [0.4, 0.5) is 10.1 Å². The van der Waals surface area contributed by atoms with Gasteiger partial charge in [-0.2, -0.15) is 0 Å². The Balaban J connectivity index is 0.00000231. The molecule has 1 aromatic heterocycles. The van der Waals surface area contributed by atoms with Gasteiger partial charge in [0.25, 0.3) is 11.8 Å². The number of aromatic nitrogens is 1. The minimum Gasteiger partial charge on any atom is -0.371 e. The van der Waals surface area contributed by atoms with Crippen LogP contribution in [0.25, 0.3) is 11.0 Å². The van der Waals surface area contributed by atoms with Crippen LogP contribution in [0.1, 0.15) is 64.1 Å². The van der Waals surface area contributed by atoms with Crippen molar-refractivity contribution in [3.63, 3.8) is 0 Å². The first kappa shape index (κ1) is 21.3. The van der Waals surface area contributed by atoms with Gasteiger partial charge in [-0.25, -0.2) is 4.39 Å². The van der Waals surface area contributed by atoms with Crippen molar-refractivity contribution in [3.05, 3.63) is 58.5 Å². The first-order valence-electron chi connectivity index (χ1n) is 10.4. The smallest absolute Gasteiger partial charge is 0.259 e. The summed E-state index contributed by atoms with van der Waals surface area (Å²) in [5.74, 6) is -0.809. The number of benzene rings is 2. The molecule has 31 heavy (non-hydrogen) atoms. The summed E-state index contributed by atoms with van der Waals surface area (Å²) in [6, 6.07) is 8.49. The number of hydrogen-bond acceptors (Lipinski definition) is 5. The predicted octanol–water partition coefficient (Wildman–Crippen LogP) is 4.61. The zero-order valence-electron chi connectivity index (χ0n) is 17.1. The van der Waals surface area contributed by atoms with Gasteiger partial charge in [0.2, 0.25) is 0 Å². The van der Waals surface area contributed by atoms with Gasteiger partial charge in [0.15, 0.2) is 5.58 Å². The molecule has 0 atom stereocenters. The molecule has 2 aliphatic heterocycles. The molecule has 0 radical (unpaired) electrons. The Morgan fingerprint density at radius 1 is 1.16 bits per heavy atom. The van der Waals surface area contributed by atoms with Crippen LogP contribution in [0.5, 0.6) is 0 Å². The van der Waals surface area contributed by atoms with Crippen LogP contribution < -0.4 is 10.2 Å². The van der Waals surface area contributed by atoms with Crippen LogP contribution in [0.2, 0.25) is 0 Å². The van der Waals surface area contributed by atoms with Crippen molar-refractivity contribution >= 4 is 40.9 Å². The standard InChI is InChI=1S/C23H22FN3O3.ClH/c1-2-4-14-17(8-7-15-19(14)23(29)25-22(15)28)27-11-9-13(10-12-27)21-20-16(24)5-3-6-18(20)30-26-21;/h3,5-8,13H,2,4,9-12H2,1H3,(H,25,28,29);1H. The van der Waals surface area contributed by atoms with Gasteiger partial charge in [-0.05, 0) is 49.1 Å². The lowest BCUT2D eigenvalue weighted by molar-refractivity contribution is 0.0879. The topological polar surface area (TPSA) is 75.4 Å². The number of anilines is 1. The molecule has 162 valence electrons. The van der Waals surface area contributed by atoms with Gasteiger partial charge < -0.3 is 9.42 Å². The molecular formula is C23H23ClFN3O3. The lowest BCUT2D eigenvalue weighted by Crippen LogP contribution is -2.34. The van der Waals surface area contributed by atoms with Crippen molar-refractivity contribution in [3.8, 4) is 0 Å². The van der Waals surface area contributed by atoms with Crippen LogP contribution in [0.3, 0.4) is 0 Å². The van der Waals surface area contributed by atoms with E-state index in [1.807, 2.05) is 6.07 Å². The Hall–Kier alpha value is -2.93. The third kappa shape index (κ3) is 3.47. The number of hydrogen-bond donors (Lipinski definition) is 1. The van der Waals surface area contributed by atoms with Crippen LogP contribution in [-0.2, 0) is 6.42 Å². The van der Waals surface area contributed by atoms with E-state index in [-0.39, 0.29) is 36.0 Å². The maximum atomic E-state index is 14.3. The van der Waals surface area contributed by atoms with Crippen molar-refractivity contribution in [2.45, 2.75) is 38.5 Å². The van der Waals surface area contributed by atoms with Crippen molar-refractivity contribution < 1.29 is 18.5 Å². The molecule has 0 aliphatic carbocycles. The molecule has 2 amide bonds. The second-order valence-corrected chi connectivity index (χ2v) is 7.96. The van der Waals surface area contributed by atoms with Gasteiger partial charge in [0, 0.05) is 24.7 Å². The average Bonchev–Trinajstić information content (AvgIpc) is 3.31. The number of imide groups is 1. The fraction of sp³-hybridized carbons (Fsp3) is 0.348. The van der Waals surface area contributed by atoms with E-state index in [1.54, 1.807) is 18.2 Å². The van der Waals surface area contributed by atoms with E-state index < -0.39 is 0 Å². The molecule has 2 aliphatic rings. The summed E-state index contributed by atoms with van der Waals surface area (Å²) in [6.07, 6.45) is 3.23. The lowest BCUT2D eigenvalue weighted by atomic mass is 9.90. The SMILES string of the molecule is CCCc1c(N2CCC(c3noc4cccc(F)c34)CC2)ccc2c1C(=O)NC2=O.Cl. The molecule has 1 saturated heterocycles. The zero-order chi connectivity index (χ0) is 20.8. The fourth-order valence-electron chi connectivity index (χ4n) is 4.76. The first-order valence-corrected chi connectivity index (χ1v) is 10.4. The lowest BCUT2D eigenvalue weighted by Gasteiger charge is -2.34. The van der Waals surface area contributed by atoms with Gasteiger partial charge in [-0.15, -0.1) is 12.4 Å². The summed E-state index contributed by atoms with van der Waals surface area (Å²) in [4.78, 5) is 26.7. The molecule has 5 rings (SSSR count). The minimum absolute atomic E-state index is 0. The summed E-state index contributed by atoms with van der Waals surface area (Å²) in [6.45, 7) is 3.59. The van der Waals surface area contributed by atoms with Crippen molar-refractivity contribution in [1.82, 2.24) is 10.5 Å². The molecule has 1 N–H and O–H groups in total. The number of rotatable bonds is 4. The predicted molar refractivity (Wildman–Crippen MR) is 118 cm³/mol. The van der Waals surface area contributed by atoms with Crippen molar-refractivity contribution in [2.24, 2.45) is 0 Å². The van der Waals surface area contributed by atoms with E-state index in [4.69, 9.17) is 4.52 Å². The van der Waals surface area contributed by atoms with Gasteiger partial charge in [0.1, 0.15) is 5.82 Å². The van der Waals surface area contributed by atoms with Crippen molar-refractivity contribution in [2.75, 3.05) is 18.0 Å². The van der Waals surface area contributed by atoms with E-state index >= 15 is 0 Å². The number of nitrogens with zero attached hydrogens (tertiary/aromatic N) is 2. The highest BCUT2D eigenvalue weighted by molar-refractivity contribution is 6.22. The van der Waals surface area contributed by atoms with E-state index in [1.165, 1.54) is 6.07 Å². The molecule has 0 unspecified atom stereocenters. The molecule has 8 heteroatoms. The highest BCUT2D eigenvalue weighted by Gasteiger charge is 2.33. The van der Waals surface area contributed by atoms with Crippen LogP contribution >= 0.6 is 12.4 Å². The van der Waals surface area contributed by atoms with E-state index in [0.29, 0.717) is 27.8 Å². The Morgan fingerprint density at radius 2 is 1.94 bits per heavy atom. The Bertz CT molecular complexity index is 1170. The molecule has 1 fully saturated rings. The van der Waals surface area contributed by atoms with E-state index in [2.05, 4.69) is 22.3 Å². The maximum Gasteiger partial charge on any atom is 0.259 e. The number of fused-ring (bicyclic) bond motifs is 2. The summed E-state index contributed by atoms with van der Waals surface area (Å²) >= 11 is 0. The first-order chi connectivity index (χ1) is 14.6. The van der Waals surface area contributed by atoms with Crippen LogP contribution in [0, 0.1) is 5.82 Å². The van der Waals surface area contributed by atoms with Crippen molar-refractivity contribution in [1.29, 1.82) is 0 Å². The van der Waals surface area contributed by atoms with Gasteiger partial charge in [-0.3, -0.25) is 14.9 Å². The largest absolute Gasteiger partial charge is 0.371 e. The monoisotopic (exact) mass is 443 g/mol. The molecule has 3 heterocycles. The third-order valence-electron chi connectivity index (χ3n) is 6.18. The summed E-state index contributed by atoms with van der Waals surface area (Å²) in [5, 5.41) is 7.06. The molecule has 6 nitrogen and oxygen atoms in total. The number of carbonyl (C=O) groups is 2.